The van der Waals surface area contributed by atoms with Crippen LogP contribution in [0.15, 0.2) is 48.8 Å². The lowest BCUT2D eigenvalue weighted by molar-refractivity contribution is 0.0994. The fourth-order valence-corrected chi connectivity index (χ4v) is 2.22. The summed E-state index contributed by atoms with van der Waals surface area (Å²) in [6, 6.07) is 11.5. The number of carbonyl (C=O) groups is 1. The largest absolute Gasteiger partial charge is 0.481 e. The molecule has 0 amide bonds. The van der Waals surface area contributed by atoms with Gasteiger partial charge in [-0.1, -0.05) is 30.3 Å². The molecular weight excluding hydrogens is 252 g/mol. The van der Waals surface area contributed by atoms with Gasteiger partial charge in [-0.3, -0.25) is 4.79 Å². The molecule has 4 heteroatoms. The molecule has 2 aromatic heterocycles. The number of H-pyrrole nitrogens is 1. The molecule has 0 unspecified atom stereocenters. The van der Waals surface area contributed by atoms with E-state index in [4.69, 9.17) is 4.74 Å². The summed E-state index contributed by atoms with van der Waals surface area (Å²) in [4.78, 5) is 19.6. The average Bonchev–Trinajstić information content (AvgIpc) is 2.91. The predicted molar refractivity (Wildman–Crippen MR) is 77.1 cm³/mol. The van der Waals surface area contributed by atoms with Crippen molar-refractivity contribution < 1.29 is 9.53 Å². The third kappa shape index (κ3) is 2.28. The Morgan fingerprint density at radius 1 is 1.30 bits per heavy atom. The summed E-state index contributed by atoms with van der Waals surface area (Å²) in [7, 11) is 1.56. The number of benzene rings is 1. The first kappa shape index (κ1) is 12.4. The zero-order valence-corrected chi connectivity index (χ0v) is 11.1. The van der Waals surface area contributed by atoms with Crippen LogP contribution in [-0.4, -0.2) is 22.9 Å². The number of fused-ring (bicyclic) bond motifs is 1. The van der Waals surface area contributed by atoms with Gasteiger partial charge in [0.2, 0.25) is 5.88 Å². The van der Waals surface area contributed by atoms with E-state index in [0.717, 1.165) is 16.5 Å². The van der Waals surface area contributed by atoms with Gasteiger partial charge in [-0.25, -0.2) is 4.98 Å². The van der Waals surface area contributed by atoms with Gasteiger partial charge >= 0.3 is 0 Å². The molecule has 0 atom stereocenters. The highest BCUT2D eigenvalue weighted by molar-refractivity contribution is 6.08. The number of rotatable bonds is 4. The summed E-state index contributed by atoms with van der Waals surface area (Å²) >= 11 is 0. The zero-order valence-electron chi connectivity index (χ0n) is 11.1. The van der Waals surface area contributed by atoms with Crippen molar-refractivity contribution in [3.63, 3.8) is 0 Å². The first-order chi connectivity index (χ1) is 9.78. The van der Waals surface area contributed by atoms with Gasteiger partial charge < -0.3 is 9.72 Å². The highest BCUT2D eigenvalue weighted by atomic mass is 16.5. The lowest BCUT2D eigenvalue weighted by atomic mass is 10.0. The van der Waals surface area contributed by atoms with Gasteiger partial charge in [-0.05, 0) is 5.56 Å². The van der Waals surface area contributed by atoms with Crippen molar-refractivity contribution in [2.24, 2.45) is 0 Å². The van der Waals surface area contributed by atoms with Crippen LogP contribution in [0.2, 0.25) is 0 Å². The number of methoxy groups -OCH3 is 1. The second-order valence-corrected chi connectivity index (χ2v) is 4.56. The van der Waals surface area contributed by atoms with Crippen LogP contribution in [0.25, 0.3) is 10.9 Å². The molecule has 0 aliphatic rings. The number of carbonyl (C=O) groups excluding carboxylic acids is 1. The summed E-state index contributed by atoms with van der Waals surface area (Å²) in [5, 5.41) is 0.845. The van der Waals surface area contributed by atoms with Crippen LogP contribution < -0.4 is 4.74 Å². The molecule has 0 spiro atoms. The lowest BCUT2D eigenvalue weighted by Gasteiger charge is -2.01. The molecule has 20 heavy (non-hydrogen) atoms. The van der Waals surface area contributed by atoms with Gasteiger partial charge in [0, 0.05) is 29.6 Å². The third-order valence-electron chi connectivity index (χ3n) is 3.26. The van der Waals surface area contributed by atoms with E-state index in [0.29, 0.717) is 17.9 Å². The van der Waals surface area contributed by atoms with Crippen molar-refractivity contribution in [2.45, 2.75) is 6.42 Å². The first-order valence-electron chi connectivity index (χ1n) is 6.36. The molecule has 1 N–H and O–H groups in total. The molecule has 1 aromatic carbocycles. The lowest BCUT2D eigenvalue weighted by Crippen LogP contribution is -2.02. The fraction of sp³-hybridized carbons (Fsp3) is 0.125. The number of nitrogens with zero attached hydrogens (tertiary/aromatic N) is 1. The van der Waals surface area contributed by atoms with Gasteiger partial charge in [0.05, 0.1) is 18.8 Å². The van der Waals surface area contributed by atoms with Crippen molar-refractivity contribution in [1.82, 2.24) is 9.97 Å². The van der Waals surface area contributed by atoms with Crippen LogP contribution in [0.5, 0.6) is 5.88 Å². The predicted octanol–water partition coefficient (Wildman–Crippen LogP) is 3.00. The minimum Gasteiger partial charge on any atom is -0.481 e. The number of nitrogens with one attached hydrogen (secondary N) is 1. The number of ether oxygens (including phenoxy) is 1. The SMILES string of the molecule is COc1cc2c(C(=O)Cc3ccccc3)c[nH]c2cn1. The maximum Gasteiger partial charge on any atom is 0.213 e. The van der Waals surface area contributed by atoms with Crippen LogP contribution in [0, 0.1) is 0 Å². The maximum atomic E-state index is 12.4. The Bertz CT molecular complexity index is 748. The van der Waals surface area contributed by atoms with Gasteiger partial charge in [-0.15, -0.1) is 0 Å². The molecule has 2 heterocycles. The Morgan fingerprint density at radius 2 is 2.10 bits per heavy atom. The molecule has 100 valence electrons. The van der Waals surface area contributed by atoms with Crippen LogP contribution in [0.1, 0.15) is 15.9 Å². The van der Waals surface area contributed by atoms with Crippen molar-refractivity contribution in [3.8, 4) is 5.88 Å². The van der Waals surface area contributed by atoms with E-state index in [1.807, 2.05) is 30.3 Å². The monoisotopic (exact) mass is 266 g/mol. The minimum absolute atomic E-state index is 0.0794. The number of ketones is 1. The number of aromatic nitrogens is 2. The average molecular weight is 266 g/mol. The zero-order chi connectivity index (χ0) is 13.9. The minimum atomic E-state index is 0.0794. The van der Waals surface area contributed by atoms with Crippen molar-refractivity contribution in [1.29, 1.82) is 0 Å². The van der Waals surface area contributed by atoms with Crippen molar-refractivity contribution in [3.05, 3.63) is 59.9 Å². The van der Waals surface area contributed by atoms with Gasteiger partial charge in [-0.2, -0.15) is 0 Å². The Labute approximate surface area is 116 Å². The summed E-state index contributed by atoms with van der Waals surface area (Å²) in [5.41, 5.74) is 2.51. The summed E-state index contributed by atoms with van der Waals surface area (Å²) in [5.74, 6) is 0.585. The van der Waals surface area contributed by atoms with E-state index in [9.17, 15) is 4.79 Å². The van der Waals surface area contributed by atoms with Crippen LogP contribution in [-0.2, 0) is 6.42 Å². The highest BCUT2D eigenvalue weighted by Gasteiger charge is 2.13. The van der Waals surface area contributed by atoms with E-state index in [1.165, 1.54) is 0 Å². The molecule has 0 aliphatic carbocycles. The number of hydrogen-bond donors (Lipinski definition) is 1. The number of hydrogen-bond acceptors (Lipinski definition) is 3. The molecule has 0 fully saturated rings. The van der Waals surface area contributed by atoms with Crippen molar-refractivity contribution in [2.75, 3.05) is 7.11 Å². The summed E-state index contributed by atoms with van der Waals surface area (Å²) < 4.78 is 5.11. The molecular formula is C16H14N2O2. The second kappa shape index (κ2) is 5.17. The van der Waals surface area contributed by atoms with E-state index in [-0.39, 0.29) is 5.78 Å². The van der Waals surface area contributed by atoms with Gasteiger partial charge in [0.15, 0.2) is 5.78 Å². The molecule has 0 aliphatic heterocycles. The summed E-state index contributed by atoms with van der Waals surface area (Å²) in [6.45, 7) is 0. The van der Waals surface area contributed by atoms with Gasteiger partial charge in [0.1, 0.15) is 0 Å². The molecule has 0 radical (unpaired) electrons. The normalized spacial score (nSPS) is 10.7. The van der Waals surface area contributed by atoms with E-state index in [2.05, 4.69) is 9.97 Å². The van der Waals surface area contributed by atoms with Crippen LogP contribution >= 0.6 is 0 Å². The Morgan fingerprint density at radius 3 is 2.85 bits per heavy atom. The maximum absolute atomic E-state index is 12.4. The van der Waals surface area contributed by atoms with Crippen molar-refractivity contribution >= 4 is 16.7 Å². The molecule has 0 saturated heterocycles. The molecule has 3 aromatic rings. The van der Waals surface area contributed by atoms with E-state index in [1.54, 1.807) is 25.6 Å². The third-order valence-corrected chi connectivity index (χ3v) is 3.26. The topological polar surface area (TPSA) is 55.0 Å². The Kier molecular flexibility index (Phi) is 3.21. The molecule has 3 rings (SSSR count). The highest BCUT2D eigenvalue weighted by Crippen LogP contribution is 2.22. The standard InChI is InChI=1S/C16H14N2O2/c1-20-16-8-12-13(9-17-14(12)10-18-16)15(19)7-11-5-3-2-4-6-11/h2-6,8-10,17H,7H2,1H3. The quantitative estimate of drug-likeness (QED) is 0.738. The molecule has 0 saturated carbocycles. The van der Waals surface area contributed by atoms with Gasteiger partial charge in [0.25, 0.3) is 0 Å². The molecule has 4 nitrogen and oxygen atoms in total. The van der Waals surface area contributed by atoms with Crippen LogP contribution in [0.4, 0.5) is 0 Å². The summed E-state index contributed by atoms with van der Waals surface area (Å²) in [6.07, 6.45) is 3.79. The Balaban J connectivity index is 1.95. The number of pyridine rings is 1. The number of aromatic amines is 1. The first-order valence-corrected chi connectivity index (χ1v) is 6.36. The smallest absolute Gasteiger partial charge is 0.213 e. The van der Waals surface area contributed by atoms with E-state index < -0.39 is 0 Å². The fourth-order valence-electron chi connectivity index (χ4n) is 2.22. The Hall–Kier alpha value is -2.62. The van der Waals surface area contributed by atoms with Crippen LogP contribution in [0.3, 0.4) is 0 Å². The number of Topliss-reactive ketones (excluding diaryl/α,β-unsaturated/α-hetero) is 1. The van der Waals surface area contributed by atoms with E-state index >= 15 is 0 Å². The molecule has 0 bridgehead atoms. The second-order valence-electron chi connectivity index (χ2n) is 4.56.